The number of nitrogens with zero attached hydrogens (tertiary/aromatic N) is 1. The molecule has 0 N–H and O–H groups in total. The average molecular weight is 313 g/mol. The summed E-state index contributed by atoms with van der Waals surface area (Å²) < 4.78 is 0. The summed E-state index contributed by atoms with van der Waals surface area (Å²) in [5.74, 6) is 0.107. The van der Waals surface area contributed by atoms with Crippen LogP contribution in [0.15, 0.2) is 65.7 Å². The Kier molecular flexibility index (Phi) is 3.35. The highest BCUT2D eigenvalue weighted by atomic mass is 16.1. The highest BCUT2D eigenvalue weighted by molar-refractivity contribution is 6.23. The van der Waals surface area contributed by atoms with Gasteiger partial charge in [0, 0.05) is 16.5 Å². The highest BCUT2D eigenvalue weighted by Crippen LogP contribution is 2.35. The van der Waals surface area contributed by atoms with Gasteiger partial charge in [-0.05, 0) is 23.9 Å². The van der Waals surface area contributed by atoms with E-state index in [1.165, 1.54) is 0 Å². The molecule has 0 spiro atoms. The fraction of sp³-hybridized carbons (Fsp3) is 0.0952. The van der Waals surface area contributed by atoms with Crippen molar-refractivity contribution in [3.05, 3.63) is 77.4 Å². The molecule has 24 heavy (non-hydrogen) atoms. The molecule has 3 heteroatoms. The number of carbonyl (C=O) groups is 2. The van der Waals surface area contributed by atoms with Gasteiger partial charge in [-0.2, -0.15) is 0 Å². The summed E-state index contributed by atoms with van der Waals surface area (Å²) in [6.07, 6.45) is 0.282. The third-order valence-corrected chi connectivity index (χ3v) is 4.40. The van der Waals surface area contributed by atoms with Crippen molar-refractivity contribution in [1.82, 2.24) is 0 Å². The summed E-state index contributed by atoms with van der Waals surface area (Å²) >= 11 is 0. The number of carbonyl (C=O) groups excluding carboxylic acids is 2. The molecule has 0 amide bonds. The van der Waals surface area contributed by atoms with Gasteiger partial charge in [-0.15, -0.1) is 0 Å². The molecule has 3 nitrogen and oxygen atoms in total. The quantitative estimate of drug-likeness (QED) is 0.641. The third-order valence-electron chi connectivity index (χ3n) is 4.40. The molecule has 0 radical (unpaired) electrons. The standard InChI is InChI=1S/C21H15NO2/c1-13(23)14-6-8-16(9-7-14)19-12-20(24)18-11-10-15-4-2-3-5-17(15)21(18)22-19/h2-11H,12H2,1H3. The second-order valence-electron chi connectivity index (χ2n) is 5.97. The fourth-order valence-corrected chi connectivity index (χ4v) is 3.09. The van der Waals surface area contributed by atoms with E-state index in [0.717, 1.165) is 27.7 Å². The number of hydrogen-bond donors (Lipinski definition) is 0. The molecule has 4 rings (SSSR count). The van der Waals surface area contributed by atoms with Crippen LogP contribution in [0.5, 0.6) is 0 Å². The molecular weight excluding hydrogens is 298 g/mol. The third kappa shape index (κ3) is 2.35. The van der Waals surface area contributed by atoms with Crippen LogP contribution in [0.25, 0.3) is 10.8 Å². The SMILES string of the molecule is CC(=O)c1ccc(C2=Nc3c(ccc4ccccc34)C(=O)C2)cc1. The Morgan fingerprint density at radius 2 is 1.71 bits per heavy atom. The Morgan fingerprint density at radius 1 is 0.958 bits per heavy atom. The van der Waals surface area contributed by atoms with E-state index in [0.29, 0.717) is 11.1 Å². The van der Waals surface area contributed by atoms with Crippen molar-refractivity contribution in [2.24, 2.45) is 4.99 Å². The summed E-state index contributed by atoms with van der Waals surface area (Å²) in [7, 11) is 0. The summed E-state index contributed by atoms with van der Waals surface area (Å²) in [6, 6.07) is 19.1. The number of benzene rings is 3. The van der Waals surface area contributed by atoms with E-state index in [2.05, 4.69) is 0 Å². The van der Waals surface area contributed by atoms with Crippen LogP contribution in [0.3, 0.4) is 0 Å². The Labute approximate surface area is 139 Å². The Hall–Kier alpha value is -3.07. The van der Waals surface area contributed by atoms with Crippen molar-refractivity contribution >= 4 is 33.7 Å². The Bertz CT molecular complexity index is 1010. The van der Waals surface area contributed by atoms with Crippen molar-refractivity contribution in [3.63, 3.8) is 0 Å². The maximum atomic E-state index is 12.6. The minimum atomic E-state index is 0.0274. The normalized spacial score (nSPS) is 13.5. The molecule has 0 fully saturated rings. The molecule has 0 atom stereocenters. The summed E-state index contributed by atoms with van der Waals surface area (Å²) in [5, 5.41) is 2.06. The van der Waals surface area contributed by atoms with Gasteiger partial charge < -0.3 is 0 Å². The van der Waals surface area contributed by atoms with Crippen LogP contribution in [-0.2, 0) is 0 Å². The topological polar surface area (TPSA) is 46.5 Å². The van der Waals surface area contributed by atoms with Crippen molar-refractivity contribution in [3.8, 4) is 0 Å². The van der Waals surface area contributed by atoms with Gasteiger partial charge in [0.15, 0.2) is 11.6 Å². The summed E-state index contributed by atoms with van der Waals surface area (Å²) in [6.45, 7) is 1.54. The van der Waals surface area contributed by atoms with Crippen LogP contribution in [0.1, 0.15) is 39.6 Å². The van der Waals surface area contributed by atoms with Crippen LogP contribution >= 0.6 is 0 Å². The highest BCUT2D eigenvalue weighted by Gasteiger charge is 2.22. The predicted molar refractivity (Wildman–Crippen MR) is 95.5 cm³/mol. The minimum absolute atomic E-state index is 0.0274. The first-order chi connectivity index (χ1) is 11.6. The van der Waals surface area contributed by atoms with Gasteiger partial charge in [0.05, 0.1) is 17.8 Å². The molecular formula is C21H15NO2. The van der Waals surface area contributed by atoms with E-state index in [4.69, 9.17) is 4.99 Å². The first-order valence-corrected chi connectivity index (χ1v) is 7.87. The molecule has 1 aliphatic heterocycles. The van der Waals surface area contributed by atoms with Gasteiger partial charge in [-0.1, -0.05) is 54.6 Å². The first kappa shape index (κ1) is 14.5. The van der Waals surface area contributed by atoms with Crippen molar-refractivity contribution in [2.75, 3.05) is 0 Å². The maximum absolute atomic E-state index is 12.6. The van der Waals surface area contributed by atoms with E-state index in [-0.39, 0.29) is 18.0 Å². The number of ketones is 2. The predicted octanol–water partition coefficient (Wildman–Crippen LogP) is 4.75. The Balaban J connectivity index is 1.87. The Morgan fingerprint density at radius 3 is 2.46 bits per heavy atom. The molecule has 3 aromatic rings. The van der Waals surface area contributed by atoms with Crippen LogP contribution in [0.4, 0.5) is 5.69 Å². The smallest absolute Gasteiger partial charge is 0.171 e. The lowest BCUT2D eigenvalue weighted by Gasteiger charge is -2.17. The minimum Gasteiger partial charge on any atom is -0.295 e. The van der Waals surface area contributed by atoms with E-state index in [9.17, 15) is 9.59 Å². The molecule has 3 aromatic carbocycles. The number of hydrogen-bond acceptors (Lipinski definition) is 3. The molecule has 0 unspecified atom stereocenters. The molecule has 1 aliphatic rings. The number of aliphatic imine (C=N–C) groups is 1. The average Bonchev–Trinajstić information content (AvgIpc) is 2.61. The monoisotopic (exact) mass is 313 g/mol. The maximum Gasteiger partial charge on any atom is 0.171 e. The van der Waals surface area contributed by atoms with Crippen molar-refractivity contribution in [2.45, 2.75) is 13.3 Å². The fourth-order valence-electron chi connectivity index (χ4n) is 3.09. The molecule has 0 saturated heterocycles. The van der Waals surface area contributed by atoms with Crippen LogP contribution in [0, 0.1) is 0 Å². The first-order valence-electron chi connectivity index (χ1n) is 7.87. The molecule has 0 aromatic heterocycles. The number of rotatable bonds is 2. The lowest BCUT2D eigenvalue weighted by atomic mass is 9.93. The second kappa shape index (κ2) is 5.53. The van der Waals surface area contributed by atoms with Gasteiger partial charge in [0.25, 0.3) is 0 Å². The number of Topliss-reactive ketones (excluding diaryl/α,β-unsaturated/α-hetero) is 2. The largest absolute Gasteiger partial charge is 0.295 e. The van der Waals surface area contributed by atoms with Crippen LogP contribution in [-0.4, -0.2) is 17.3 Å². The van der Waals surface area contributed by atoms with E-state index < -0.39 is 0 Å². The molecule has 0 bridgehead atoms. The zero-order valence-electron chi connectivity index (χ0n) is 13.2. The van der Waals surface area contributed by atoms with Gasteiger partial charge >= 0.3 is 0 Å². The second-order valence-corrected chi connectivity index (χ2v) is 5.97. The molecule has 1 heterocycles. The van der Waals surface area contributed by atoms with Gasteiger partial charge in [0.2, 0.25) is 0 Å². The molecule has 0 aliphatic carbocycles. The van der Waals surface area contributed by atoms with Crippen molar-refractivity contribution < 1.29 is 9.59 Å². The van der Waals surface area contributed by atoms with Gasteiger partial charge in [-0.3, -0.25) is 14.6 Å². The number of fused-ring (bicyclic) bond motifs is 3. The molecule has 116 valence electrons. The zero-order valence-corrected chi connectivity index (χ0v) is 13.2. The van der Waals surface area contributed by atoms with Crippen molar-refractivity contribution in [1.29, 1.82) is 0 Å². The summed E-state index contributed by atoms with van der Waals surface area (Å²) in [4.78, 5) is 28.7. The van der Waals surface area contributed by atoms with Gasteiger partial charge in [-0.25, -0.2) is 0 Å². The van der Waals surface area contributed by atoms with Gasteiger partial charge in [0.1, 0.15) is 0 Å². The van der Waals surface area contributed by atoms with E-state index in [1.807, 2.05) is 48.5 Å². The lowest BCUT2D eigenvalue weighted by Crippen LogP contribution is -2.14. The zero-order chi connectivity index (χ0) is 16.7. The molecule has 0 saturated carbocycles. The van der Waals surface area contributed by atoms with Crippen LogP contribution in [0.2, 0.25) is 0 Å². The van der Waals surface area contributed by atoms with E-state index >= 15 is 0 Å². The summed E-state index contributed by atoms with van der Waals surface area (Å²) in [5.41, 5.74) is 3.71. The lowest BCUT2D eigenvalue weighted by molar-refractivity contribution is 0.0995. The van der Waals surface area contributed by atoms with Crippen LogP contribution < -0.4 is 0 Å². The van der Waals surface area contributed by atoms with E-state index in [1.54, 1.807) is 19.1 Å².